The highest BCUT2D eigenvalue weighted by Crippen LogP contribution is 2.65. The number of rotatable bonds is 5. The van der Waals surface area contributed by atoms with E-state index < -0.39 is 21.8 Å². The third-order valence-corrected chi connectivity index (χ3v) is 10.3. The zero-order valence-corrected chi connectivity index (χ0v) is 19.4. The van der Waals surface area contributed by atoms with E-state index in [-0.39, 0.29) is 0 Å². The van der Waals surface area contributed by atoms with E-state index in [1.54, 1.807) is 0 Å². The molecule has 164 valence electrons. The van der Waals surface area contributed by atoms with Crippen LogP contribution in [0, 0.1) is 6.92 Å². The molecule has 0 fully saturated rings. The first-order valence-corrected chi connectivity index (χ1v) is 13.0. The molecule has 0 unspecified atom stereocenters. The van der Waals surface area contributed by atoms with Crippen molar-refractivity contribution in [1.29, 1.82) is 0 Å². The molecule has 4 aromatic carbocycles. The lowest BCUT2D eigenvalue weighted by Crippen LogP contribution is -2.03. The fourth-order valence-electron chi connectivity index (χ4n) is 3.62. The average molecular weight is 469 g/mol. The summed E-state index contributed by atoms with van der Waals surface area (Å²) in [5.74, 6) is 0. The highest BCUT2D eigenvalue weighted by Gasteiger charge is 2.30. The molecule has 0 bridgehead atoms. The fourth-order valence-corrected chi connectivity index (χ4v) is 7.48. The van der Waals surface area contributed by atoms with Gasteiger partial charge in [0.2, 0.25) is 0 Å². The summed E-state index contributed by atoms with van der Waals surface area (Å²) in [6.07, 6.45) is -2.00. The molecule has 0 heterocycles. The molecule has 0 nitrogen and oxygen atoms in total. The van der Waals surface area contributed by atoms with Gasteiger partial charge in [-0.3, -0.25) is 0 Å². The van der Waals surface area contributed by atoms with Crippen LogP contribution in [0.2, 0.25) is 0 Å². The van der Waals surface area contributed by atoms with Crippen LogP contribution in [0.15, 0.2) is 128 Å². The van der Waals surface area contributed by atoms with Crippen LogP contribution in [-0.4, -0.2) is 6.26 Å². The molecule has 0 aliphatic rings. The number of benzene rings is 4. The zero-order chi connectivity index (χ0) is 22.8. The minimum atomic E-state index is -4.32. The van der Waals surface area contributed by atoms with Gasteiger partial charge in [-0.15, -0.1) is 0 Å². The average Bonchev–Trinajstić information content (AvgIpc) is 2.81. The molecule has 0 aromatic heterocycles. The van der Waals surface area contributed by atoms with Crippen LogP contribution in [0.4, 0.5) is 13.2 Å². The smallest absolute Gasteiger partial charge is 0.166 e. The monoisotopic (exact) mass is 468 g/mol. The fraction of sp³-hybridized carbons (Fsp3) is 0.111. The normalized spacial score (nSPS) is 12.5. The second-order valence-corrected chi connectivity index (χ2v) is 12.0. The molecule has 5 heteroatoms. The van der Waals surface area contributed by atoms with Crippen molar-refractivity contribution >= 4 is 21.8 Å². The van der Waals surface area contributed by atoms with Crippen molar-refractivity contribution in [3.05, 3.63) is 114 Å². The minimum Gasteiger partial charge on any atom is -0.166 e. The van der Waals surface area contributed by atoms with Crippen molar-refractivity contribution in [3.63, 3.8) is 0 Å². The quantitative estimate of drug-likeness (QED) is 0.281. The standard InChI is InChI=1S/C27H23F3S2/c1-20-19-25(17-18-26(20)31-22-15-13-21(14-16-22)27(28,29)30)32(2,23-9-5-3-6-10-23)24-11-7-4-8-12-24/h3-19H,1-2H3. The van der Waals surface area contributed by atoms with E-state index in [9.17, 15) is 13.2 Å². The number of halogens is 3. The first-order chi connectivity index (χ1) is 15.3. The summed E-state index contributed by atoms with van der Waals surface area (Å²) in [6, 6.07) is 32.9. The number of hydrogen-bond acceptors (Lipinski definition) is 1. The van der Waals surface area contributed by atoms with Crippen molar-refractivity contribution in [2.75, 3.05) is 6.26 Å². The van der Waals surface area contributed by atoms with Crippen LogP contribution in [0.5, 0.6) is 0 Å². The molecule has 4 rings (SSSR count). The Morgan fingerprint density at radius 2 is 1.19 bits per heavy atom. The summed E-state index contributed by atoms with van der Waals surface area (Å²) in [5.41, 5.74) is 0.483. The van der Waals surface area contributed by atoms with Crippen LogP contribution in [-0.2, 0) is 6.18 Å². The molecule has 0 aliphatic carbocycles. The van der Waals surface area contributed by atoms with Crippen molar-refractivity contribution in [1.82, 2.24) is 0 Å². The molecule has 0 atom stereocenters. The Hall–Kier alpha value is -2.63. The minimum absolute atomic E-state index is 0.626. The van der Waals surface area contributed by atoms with Gasteiger partial charge in [0.05, 0.1) is 5.56 Å². The molecule has 0 aliphatic heterocycles. The van der Waals surface area contributed by atoms with Crippen LogP contribution in [0.25, 0.3) is 0 Å². The lowest BCUT2D eigenvalue weighted by molar-refractivity contribution is -0.137. The summed E-state index contributed by atoms with van der Waals surface area (Å²) < 4.78 is 38.5. The van der Waals surface area contributed by atoms with E-state index in [4.69, 9.17) is 0 Å². The second kappa shape index (κ2) is 9.08. The molecular formula is C27H23F3S2. The highest BCUT2D eigenvalue weighted by molar-refractivity contribution is 8.33. The SMILES string of the molecule is Cc1cc(S(C)(c2ccccc2)c2ccccc2)ccc1Sc1ccc(C(F)(F)F)cc1. The van der Waals surface area contributed by atoms with Gasteiger partial charge in [-0.05, 0) is 100 Å². The Morgan fingerprint density at radius 3 is 1.66 bits per heavy atom. The molecule has 0 radical (unpaired) electrons. The van der Waals surface area contributed by atoms with Gasteiger partial charge < -0.3 is 0 Å². The second-order valence-electron chi connectivity index (χ2n) is 7.60. The predicted molar refractivity (Wildman–Crippen MR) is 128 cm³/mol. The lowest BCUT2D eigenvalue weighted by Gasteiger charge is -2.38. The molecule has 0 amide bonds. The maximum Gasteiger partial charge on any atom is 0.416 e. The molecule has 0 saturated heterocycles. The van der Waals surface area contributed by atoms with Crippen molar-refractivity contribution in [3.8, 4) is 0 Å². The van der Waals surface area contributed by atoms with Gasteiger partial charge in [0, 0.05) is 9.79 Å². The Bertz CT molecular complexity index is 1150. The maximum atomic E-state index is 12.8. The van der Waals surface area contributed by atoms with E-state index in [1.807, 2.05) is 12.1 Å². The molecule has 0 N–H and O–H groups in total. The van der Waals surface area contributed by atoms with Gasteiger partial charge in [-0.2, -0.15) is 23.2 Å². The maximum absolute atomic E-state index is 12.8. The number of hydrogen-bond donors (Lipinski definition) is 0. The van der Waals surface area contributed by atoms with E-state index >= 15 is 0 Å². The Balaban J connectivity index is 1.69. The zero-order valence-electron chi connectivity index (χ0n) is 17.8. The third-order valence-electron chi connectivity index (χ3n) is 5.46. The van der Waals surface area contributed by atoms with Gasteiger partial charge in [0.15, 0.2) is 0 Å². The van der Waals surface area contributed by atoms with Crippen LogP contribution in [0.3, 0.4) is 0 Å². The third kappa shape index (κ3) is 4.59. The van der Waals surface area contributed by atoms with Gasteiger partial charge in [0.1, 0.15) is 0 Å². The molecule has 32 heavy (non-hydrogen) atoms. The van der Waals surface area contributed by atoms with Crippen LogP contribution < -0.4 is 0 Å². The Kier molecular flexibility index (Phi) is 6.40. The van der Waals surface area contributed by atoms with Gasteiger partial charge >= 0.3 is 6.18 Å². The summed E-state index contributed by atoms with van der Waals surface area (Å²) in [6.45, 7) is 2.06. The van der Waals surface area contributed by atoms with Gasteiger partial charge in [-0.1, -0.05) is 48.2 Å². The molecule has 0 spiro atoms. The van der Waals surface area contributed by atoms with Gasteiger partial charge in [-0.25, -0.2) is 0 Å². The van der Waals surface area contributed by atoms with E-state index in [1.165, 1.54) is 38.6 Å². The first-order valence-electron chi connectivity index (χ1n) is 10.1. The summed E-state index contributed by atoms with van der Waals surface area (Å²) in [5, 5.41) is 0. The Morgan fingerprint density at radius 1 is 0.656 bits per heavy atom. The van der Waals surface area contributed by atoms with Crippen LogP contribution >= 0.6 is 21.8 Å². The van der Waals surface area contributed by atoms with E-state index in [0.717, 1.165) is 27.5 Å². The van der Waals surface area contributed by atoms with Gasteiger partial charge in [0.25, 0.3) is 0 Å². The van der Waals surface area contributed by atoms with Crippen LogP contribution in [0.1, 0.15) is 11.1 Å². The molecule has 0 saturated carbocycles. The predicted octanol–water partition coefficient (Wildman–Crippen LogP) is 9.08. The first kappa shape index (κ1) is 22.6. The molecular weight excluding hydrogens is 445 g/mol. The van der Waals surface area contributed by atoms with Crippen molar-refractivity contribution < 1.29 is 13.2 Å². The van der Waals surface area contributed by atoms with E-state index in [0.29, 0.717) is 0 Å². The number of aryl methyl sites for hydroxylation is 1. The summed E-state index contributed by atoms with van der Waals surface area (Å²) in [4.78, 5) is 5.65. The molecule has 4 aromatic rings. The Labute approximate surface area is 192 Å². The van der Waals surface area contributed by atoms with E-state index in [2.05, 4.69) is 79.9 Å². The number of alkyl halides is 3. The van der Waals surface area contributed by atoms with Crippen molar-refractivity contribution in [2.45, 2.75) is 37.6 Å². The summed E-state index contributed by atoms with van der Waals surface area (Å²) >= 11 is 1.49. The topological polar surface area (TPSA) is 0 Å². The summed E-state index contributed by atoms with van der Waals surface area (Å²) in [7, 11) is -1.44. The lowest BCUT2D eigenvalue weighted by atomic mass is 10.2. The highest BCUT2D eigenvalue weighted by atomic mass is 32.3. The van der Waals surface area contributed by atoms with Crippen molar-refractivity contribution in [2.24, 2.45) is 0 Å². The largest absolute Gasteiger partial charge is 0.416 e.